The van der Waals surface area contributed by atoms with Crippen molar-refractivity contribution in [2.75, 3.05) is 0 Å². The molecule has 0 aliphatic heterocycles. The van der Waals surface area contributed by atoms with E-state index in [1.165, 1.54) is 0 Å². The van der Waals surface area contributed by atoms with Gasteiger partial charge >= 0.3 is 0 Å². The van der Waals surface area contributed by atoms with Gasteiger partial charge in [-0.15, -0.1) is 0 Å². The van der Waals surface area contributed by atoms with E-state index in [2.05, 4.69) is 33.0 Å². The van der Waals surface area contributed by atoms with E-state index in [0.29, 0.717) is 12.0 Å². The van der Waals surface area contributed by atoms with Crippen molar-refractivity contribution in [1.29, 1.82) is 0 Å². The normalized spacial score (nSPS) is 12.8. The number of rotatable bonds is 4. The van der Waals surface area contributed by atoms with Crippen molar-refractivity contribution in [2.45, 2.75) is 40.2 Å². The Bertz CT molecular complexity index is 128. The number of halogens is 1. The molecule has 1 nitrogen and oxygen atoms in total. The van der Waals surface area contributed by atoms with Crippen molar-refractivity contribution in [3.63, 3.8) is 0 Å². The first kappa shape index (κ1) is 10.8. The van der Waals surface area contributed by atoms with Crippen LogP contribution in [-0.2, 0) is 0 Å². The van der Waals surface area contributed by atoms with Crippen LogP contribution in [0.4, 0.5) is 0 Å². The molecule has 0 rings (SSSR count). The second-order valence-electron chi connectivity index (χ2n) is 3.51. The molecule has 0 aliphatic rings. The molecule has 0 fully saturated rings. The molecule has 2 heteroatoms. The fraction of sp³-hybridized carbons (Fsp3) is 0.778. The molecule has 0 aromatic heterocycles. The molecule has 0 atom stereocenters. The Labute approximate surface area is 74.8 Å². The Morgan fingerprint density at radius 3 is 2.27 bits per heavy atom. The van der Waals surface area contributed by atoms with E-state index in [9.17, 15) is 0 Å². The lowest BCUT2D eigenvalue weighted by molar-refractivity contribution is 0.645. The molecule has 0 bridgehead atoms. The van der Waals surface area contributed by atoms with Crippen molar-refractivity contribution in [2.24, 2.45) is 5.92 Å². The second kappa shape index (κ2) is 5.48. The Balaban J connectivity index is 3.63. The molecule has 0 amide bonds. The highest BCUT2D eigenvalue weighted by molar-refractivity contribution is 6.29. The average Bonchev–Trinajstić information content (AvgIpc) is 1.82. The smallest absolute Gasteiger partial charge is 0.0340 e. The topological polar surface area (TPSA) is 12.0 Å². The van der Waals surface area contributed by atoms with E-state index in [0.717, 1.165) is 11.5 Å². The van der Waals surface area contributed by atoms with Crippen LogP contribution in [0, 0.1) is 5.92 Å². The quantitative estimate of drug-likeness (QED) is 0.693. The Morgan fingerprint density at radius 2 is 1.91 bits per heavy atom. The molecule has 0 saturated heterocycles. The number of nitrogens with one attached hydrogen (secondary N) is 1. The zero-order valence-electron chi connectivity index (χ0n) is 7.82. The molecule has 66 valence electrons. The summed E-state index contributed by atoms with van der Waals surface area (Å²) in [6, 6.07) is 0.468. The van der Waals surface area contributed by atoms with Gasteiger partial charge in [-0.1, -0.05) is 25.4 Å². The van der Waals surface area contributed by atoms with Crippen molar-refractivity contribution in [1.82, 2.24) is 5.32 Å². The minimum atomic E-state index is 0.468. The predicted molar refractivity (Wildman–Crippen MR) is 51.7 cm³/mol. The molecule has 0 saturated carbocycles. The summed E-state index contributed by atoms with van der Waals surface area (Å²) < 4.78 is 0. The maximum atomic E-state index is 5.92. The van der Waals surface area contributed by atoms with Gasteiger partial charge in [0, 0.05) is 17.3 Å². The van der Waals surface area contributed by atoms with Gasteiger partial charge < -0.3 is 5.32 Å². The van der Waals surface area contributed by atoms with Crippen LogP contribution < -0.4 is 5.32 Å². The highest BCUT2D eigenvalue weighted by Gasteiger charge is 1.97. The third-order valence-corrected chi connectivity index (χ3v) is 1.44. The molecular weight excluding hydrogens is 158 g/mol. The first-order valence-electron chi connectivity index (χ1n) is 4.13. The average molecular weight is 176 g/mol. The van der Waals surface area contributed by atoms with Crippen molar-refractivity contribution < 1.29 is 0 Å². The first-order chi connectivity index (χ1) is 5.02. The van der Waals surface area contributed by atoms with E-state index in [1.807, 2.05) is 6.20 Å². The highest BCUT2D eigenvalue weighted by atomic mass is 35.5. The van der Waals surface area contributed by atoms with Crippen LogP contribution in [0.25, 0.3) is 0 Å². The third-order valence-electron chi connectivity index (χ3n) is 1.18. The van der Waals surface area contributed by atoms with Gasteiger partial charge in [0.25, 0.3) is 0 Å². The third kappa shape index (κ3) is 7.73. The van der Waals surface area contributed by atoms with Gasteiger partial charge in [0.15, 0.2) is 0 Å². The lowest BCUT2D eigenvalue weighted by atomic mass is 10.1. The van der Waals surface area contributed by atoms with Gasteiger partial charge in [-0.3, -0.25) is 0 Å². The molecule has 11 heavy (non-hydrogen) atoms. The van der Waals surface area contributed by atoms with Crippen LogP contribution in [0.15, 0.2) is 11.2 Å². The lowest BCUT2D eigenvalue weighted by Crippen LogP contribution is -2.15. The van der Waals surface area contributed by atoms with Crippen molar-refractivity contribution in [3.8, 4) is 0 Å². The summed E-state index contributed by atoms with van der Waals surface area (Å²) in [6.45, 7) is 8.50. The second-order valence-corrected chi connectivity index (χ2v) is 4.00. The Kier molecular flexibility index (Phi) is 5.39. The summed E-state index contributed by atoms with van der Waals surface area (Å²) in [5.41, 5.74) is 0. The molecule has 0 spiro atoms. The van der Waals surface area contributed by atoms with Crippen LogP contribution in [-0.4, -0.2) is 6.04 Å². The highest BCUT2D eigenvalue weighted by Crippen LogP contribution is 2.13. The molecule has 0 aromatic carbocycles. The zero-order valence-corrected chi connectivity index (χ0v) is 8.57. The maximum Gasteiger partial charge on any atom is 0.0340 e. The van der Waals surface area contributed by atoms with E-state index < -0.39 is 0 Å². The van der Waals surface area contributed by atoms with Crippen LogP contribution in [0.5, 0.6) is 0 Å². The zero-order chi connectivity index (χ0) is 8.85. The van der Waals surface area contributed by atoms with E-state index in [1.54, 1.807) is 0 Å². The predicted octanol–water partition coefficient (Wildman–Crippen LogP) is 3.11. The standard InChI is InChI=1S/C9H18ClN/c1-7(2)5-9(10)6-11-8(3)4/h6-8,11H,5H2,1-4H3/b9-6+. The van der Waals surface area contributed by atoms with E-state index >= 15 is 0 Å². The number of hydrogen-bond acceptors (Lipinski definition) is 1. The summed E-state index contributed by atoms with van der Waals surface area (Å²) in [4.78, 5) is 0. The SMILES string of the molecule is CC(C)C/C(Cl)=C\NC(C)C. The van der Waals surface area contributed by atoms with Crippen molar-refractivity contribution in [3.05, 3.63) is 11.2 Å². The fourth-order valence-corrected chi connectivity index (χ4v) is 1.08. The summed E-state index contributed by atoms with van der Waals surface area (Å²) in [6.07, 6.45) is 2.85. The van der Waals surface area contributed by atoms with E-state index in [-0.39, 0.29) is 0 Å². The number of hydrogen-bond donors (Lipinski definition) is 1. The van der Waals surface area contributed by atoms with Gasteiger partial charge in [-0.2, -0.15) is 0 Å². The van der Waals surface area contributed by atoms with Crippen LogP contribution in [0.3, 0.4) is 0 Å². The van der Waals surface area contributed by atoms with Crippen LogP contribution in [0.2, 0.25) is 0 Å². The van der Waals surface area contributed by atoms with Gasteiger partial charge in [0.1, 0.15) is 0 Å². The van der Waals surface area contributed by atoms with E-state index in [4.69, 9.17) is 11.6 Å². The summed E-state index contributed by atoms with van der Waals surface area (Å²) in [5, 5.41) is 4.07. The largest absolute Gasteiger partial charge is 0.388 e. The lowest BCUT2D eigenvalue weighted by Gasteiger charge is -2.06. The summed E-state index contributed by atoms with van der Waals surface area (Å²) >= 11 is 5.92. The monoisotopic (exact) mass is 175 g/mol. The van der Waals surface area contributed by atoms with Crippen molar-refractivity contribution >= 4 is 11.6 Å². The van der Waals surface area contributed by atoms with Gasteiger partial charge in [-0.05, 0) is 26.2 Å². The first-order valence-corrected chi connectivity index (χ1v) is 4.50. The minimum absolute atomic E-state index is 0.468. The Hall–Kier alpha value is -0.170. The van der Waals surface area contributed by atoms with Crippen LogP contribution in [0.1, 0.15) is 34.1 Å². The molecule has 1 N–H and O–H groups in total. The fourth-order valence-electron chi connectivity index (χ4n) is 0.706. The summed E-state index contributed by atoms with van der Waals surface area (Å²) in [7, 11) is 0. The van der Waals surface area contributed by atoms with Gasteiger partial charge in [0.05, 0.1) is 0 Å². The molecule has 0 unspecified atom stereocenters. The number of allylic oxidation sites excluding steroid dienone is 1. The molecule has 0 aliphatic carbocycles. The molecule has 0 aromatic rings. The molecule has 0 radical (unpaired) electrons. The molecule has 0 heterocycles. The van der Waals surface area contributed by atoms with Gasteiger partial charge in [-0.25, -0.2) is 0 Å². The minimum Gasteiger partial charge on any atom is -0.388 e. The van der Waals surface area contributed by atoms with Gasteiger partial charge in [0.2, 0.25) is 0 Å². The summed E-state index contributed by atoms with van der Waals surface area (Å²) in [5.74, 6) is 0.632. The Morgan fingerprint density at radius 1 is 1.36 bits per heavy atom. The maximum absolute atomic E-state index is 5.92. The molecular formula is C9H18ClN. The van der Waals surface area contributed by atoms with Crippen LogP contribution >= 0.6 is 11.6 Å².